The fourth-order valence-corrected chi connectivity index (χ4v) is 3.47. The van der Waals surface area contributed by atoms with Gasteiger partial charge in [-0.1, -0.05) is 26.0 Å². The first-order valence-corrected chi connectivity index (χ1v) is 10.4. The third-order valence-corrected chi connectivity index (χ3v) is 5.23. The molecule has 4 aromatic rings. The lowest BCUT2D eigenvalue weighted by Crippen LogP contribution is -2.13. The van der Waals surface area contributed by atoms with Crippen molar-refractivity contribution in [3.63, 3.8) is 0 Å². The zero-order valence-corrected chi connectivity index (χ0v) is 17.9. The molecule has 1 amide bonds. The number of pyridine rings is 1. The Bertz CT molecular complexity index is 1240. The lowest BCUT2D eigenvalue weighted by Gasteiger charge is -2.12. The van der Waals surface area contributed by atoms with Crippen LogP contribution >= 0.6 is 0 Å². The molecule has 0 spiro atoms. The number of rotatable bonds is 6. The van der Waals surface area contributed by atoms with Gasteiger partial charge in [0.05, 0.1) is 11.4 Å². The van der Waals surface area contributed by atoms with E-state index in [4.69, 9.17) is 0 Å². The normalized spacial score (nSPS) is 10.9. The molecule has 0 radical (unpaired) electrons. The van der Waals surface area contributed by atoms with Gasteiger partial charge in [0.1, 0.15) is 12.1 Å². The molecule has 4 rings (SSSR count). The second-order valence-corrected chi connectivity index (χ2v) is 7.81. The molecule has 0 aliphatic heterocycles. The molecule has 0 bridgehead atoms. The summed E-state index contributed by atoms with van der Waals surface area (Å²) in [6.07, 6.45) is 5.01. The van der Waals surface area contributed by atoms with E-state index < -0.39 is 0 Å². The number of aromatic nitrogens is 3. The summed E-state index contributed by atoms with van der Waals surface area (Å²) in [6, 6.07) is 17.6. The van der Waals surface area contributed by atoms with Crippen LogP contribution in [0.3, 0.4) is 0 Å². The van der Waals surface area contributed by atoms with Gasteiger partial charge < -0.3 is 5.32 Å². The van der Waals surface area contributed by atoms with Crippen molar-refractivity contribution >= 4 is 11.6 Å². The van der Waals surface area contributed by atoms with E-state index in [2.05, 4.69) is 34.1 Å². The van der Waals surface area contributed by atoms with Crippen molar-refractivity contribution in [3.05, 3.63) is 108 Å². The molecule has 0 aliphatic rings. The number of halogens is 1. The monoisotopic (exact) mass is 426 g/mol. The van der Waals surface area contributed by atoms with Crippen molar-refractivity contribution in [1.82, 2.24) is 15.0 Å². The predicted octanol–water partition coefficient (Wildman–Crippen LogP) is 5.64. The van der Waals surface area contributed by atoms with Crippen molar-refractivity contribution in [2.75, 3.05) is 5.32 Å². The third-order valence-electron chi connectivity index (χ3n) is 5.23. The highest BCUT2D eigenvalue weighted by molar-refractivity contribution is 6.04. The van der Waals surface area contributed by atoms with Crippen LogP contribution in [0.1, 0.15) is 46.9 Å². The highest BCUT2D eigenvalue weighted by Crippen LogP contribution is 2.24. The van der Waals surface area contributed by atoms with Crippen LogP contribution in [0.2, 0.25) is 0 Å². The first-order chi connectivity index (χ1) is 15.5. The Hall–Kier alpha value is -3.93. The fourth-order valence-electron chi connectivity index (χ4n) is 3.47. The maximum Gasteiger partial charge on any atom is 0.255 e. The largest absolute Gasteiger partial charge is 0.322 e. The zero-order chi connectivity index (χ0) is 22.5. The second-order valence-electron chi connectivity index (χ2n) is 7.81. The standard InChI is InChI=1S/C26H23FN4O/c1-17(2)18-5-3-6-21(14-18)31-26(32)19-8-9-23(27)20(13-19)15-25-22(7-4-11-29-25)24-10-12-28-16-30-24/h3-14,16-17H,15H2,1-2H3,(H,31,32). The third kappa shape index (κ3) is 4.86. The maximum atomic E-state index is 14.6. The number of nitrogens with one attached hydrogen (secondary N) is 1. The zero-order valence-electron chi connectivity index (χ0n) is 17.9. The van der Waals surface area contributed by atoms with Crippen LogP contribution in [0.4, 0.5) is 10.1 Å². The molecule has 0 saturated carbocycles. The molecule has 2 heterocycles. The molecule has 2 aromatic heterocycles. The Morgan fingerprint density at radius 1 is 1.00 bits per heavy atom. The Balaban J connectivity index is 1.59. The summed E-state index contributed by atoms with van der Waals surface area (Å²) in [7, 11) is 0. The molecule has 2 aromatic carbocycles. The lowest BCUT2D eigenvalue weighted by atomic mass is 10.0. The number of benzene rings is 2. The Labute approximate surface area is 186 Å². The van der Waals surface area contributed by atoms with Crippen LogP contribution in [-0.2, 0) is 6.42 Å². The minimum atomic E-state index is -0.386. The van der Waals surface area contributed by atoms with Crippen LogP contribution in [0, 0.1) is 5.82 Å². The minimum absolute atomic E-state index is 0.232. The molecule has 0 atom stereocenters. The number of nitrogens with zero attached hydrogens (tertiary/aromatic N) is 3. The molecular formula is C26H23FN4O. The quantitative estimate of drug-likeness (QED) is 0.433. The molecule has 0 saturated heterocycles. The van der Waals surface area contributed by atoms with Gasteiger partial charge in [0.15, 0.2) is 0 Å². The summed E-state index contributed by atoms with van der Waals surface area (Å²) >= 11 is 0. The van der Waals surface area contributed by atoms with E-state index in [0.717, 1.165) is 11.1 Å². The lowest BCUT2D eigenvalue weighted by molar-refractivity contribution is 0.102. The van der Waals surface area contributed by atoms with Crippen LogP contribution in [0.5, 0.6) is 0 Å². The van der Waals surface area contributed by atoms with Crippen LogP contribution in [0.15, 0.2) is 79.4 Å². The van der Waals surface area contributed by atoms with Crippen molar-refractivity contribution in [2.45, 2.75) is 26.2 Å². The van der Waals surface area contributed by atoms with Crippen molar-refractivity contribution in [1.29, 1.82) is 0 Å². The van der Waals surface area contributed by atoms with E-state index in [9.17, 15) is 9.18 Å². The van der Waals surface area contributed by atoms with Crippen molar-refractivity contribution in [2.24, 2.45) is 0 Å². The van der Waals surface area contributed by atoms with Crippen molar-refractivity contribution in [3.8, 4) is 11.3 Å². The van der Waals surface area contributed by atoms with Gasteiger partial charge in [-0.3, -0.25) is 9.78 Å². The van der Waals surface area contributed by atoms with E-state index in [1.165, 1.54) is 18.5 Å². The smallest absolute Gasteiger partial charge is 0.255 e. The van der Waals surface area contributed by atoms with Gasteiger partial charge in [0, 0.05) is 35.6 Å². The van der Waals surface area contributed by atoms with Crippen LogP contribution in [-0.4, -0.2) is 20.9 Å². The van der Waals surface area contributed by atoms with Gasteiger partial charge in [0.2, 0.25) is 0 Å². The summed E-state index contributed by atoms with van der Waals surface area (Å²) in [5.41, 5.74) is 4.81. The number of hydrogen-bond donors (Lipinski definition) is 1. The molecule has 160 valence electrons. The van der Waals surface area contributed by atoms with Crippen LogP contribution in [0.25, 0.3) is 11.3 Å². The molecule has 0 unspecified atom stereocenters. The molecule has 1 N–H and O–H groups in total. The Morgan fingerprint density at radius 3 is 2.66 bits per heavy atom. The molecule has 5 nitrogen and oxygen atoms in total. The summed E-state index contributed by atoms with van der Waals surface area (Å²) < 4.78 is 14.6. The highest BCUT2D eigenvalue weighted by atomic mass is 19.1. The van der Waals surface area contributed by atoms with Gasteiger partial charge in [-0.05, 0) is 65.6 Å². The fraction of sp³-hybridized carbons (Fsp3) is 0.154. The summed E-state index contributed by atoms with van der Waals surface area (Å²) in [5, 5.41) is 2.91. The van der Waals surface area contributed by atoms with E-state index in [0.29, 0.717) is 34.1 Å². The number of amides is 1. The average Bonchev–Trinajstić information content (AvgIpc) is 2.81. The first kappa shape index (κ1) is 21.3. The number of anilines is 1. The minimum Gasteiger partial charge on any atom is -0.322 e. The van der Waals surface area contributed by atoms with Gasteiger partial charge in [0.25, 0.3) is 5.91 Å². The van der Waals surface area contributed by atoms with E-state index in [1.807, 2.05) is 36.4 Å². The van der Waals surface area contributed by atoms with Gasteiger partial charge in [-0.2, -0.15) is 0 Å². The Morgan fingerprint density at radius 2 is 1.88 bits per heavy atom. The van der Waals surface area contributed by atoms with Crippen molar-refractivity contribution < 1.29 is 9.18 Å². The maximum absolute atomic E-state index is 14.6. The SMILES string of the molecule is CC(C)c1cccc(NC(=O)c2ccc(F)c(Cc3ncccc3-c3ccncn3)c2)c1. The van der Waals surface area contributed by atoms with Gasteiger partial charge >= 0.3 is 0 Å². The average molecular weight is 426 g/mol. The van der Waals surface area contributed by atoms with E-state index in [-0.39, 0.29) is 18.1 Å². The molecule has 32 heavy (non-hydrogen) atoms. The summed E-state index contributed by atoms with van der Waals surface area (Å²) in [6.45, 7) is 4.20. The van der Waals surface area contributed by atoms with E-state index in [1.54, 1.807) is 24.5 Å². The van der Waals surface area contributed by atoms with E-state index >= 15 is 0 Å². The topological polar surface area (TPSA) is 67.8 Å². The molecule has 0 aliphatic carbocycles. The summed E-state index contributed by atoms with van der Waals surface area (Å²) in [5.74, 6) is -0.321. The predicted molar refractivity (Wildman–Crippen MR) is 123 cm³/mol. The van der Waals surface area contributed by atoms with Gasteiger partial charge in [-0.25, -0.2) is 14.4 Å². The number of hydrogen-bond acceptors (Lipinski definition) is 4. The van der Waals surface area contributed by atoms with Gasteiger partial charge in [-0.15, -0.1) is 0 Å². The number of carbonyl (C=O) groups is 1. The Kier molecular flexibility index (Phi) is 6.31. The molecule has 6 heteroatoms. The second kappa shape index (κ2) is 9.47. The summed E-state index contributed by atoms with van der Waals surface area (Å²) in [4.78, 5) is 25.5. The molecular weight excluding hydrogens is 403 g/mol. The number of carbonyl (C=O) groups excluding carboxylic acids is 1. The first-order valence-electron chi connectivity index (χ1n) is 10.4. The highest BCUT2D eigenvalue weighted by Gasteiger charge is 2.14. The van der Waals surface area contributed by atoms with Crippen LogP contribution < -0.4 is 5.32 Å². The molecule has 0 fully saturated rings.